The van der Waals surface area contributed by atoms with E-state index in [1.54, 1.807) is 37.6 Å². The molecule has 98 valence electrons. The summed E-state index contributed by atoms with van der Waals surface area (Å²) in [6.07, 6.45) is 3.85. The van der Waals surface area contributed by atoms with Crippen molar-refractivity contribution in [2.75, 3.05) is 7.11 Å². The van der Waals surface area contributed by atoms with Gasteiger partial charge in [0.2, 0.25) is 0 Å². The van der Waals surface area contributed by atoms with Gasteiger partial charge in [-0.15, -0.1) is 0 Å². The number of nitrogens with one attached hydrogen (secondary N) is 1. The van der Waals surface area contributed by atoms with Gasteiger partial charge in [0.25, 0.3) is 5.91 Å². The van der Waals surface area contributed by atoms with Gasteiger partial charge in [-0.05, 0) is 43.0 Å². The molecule has 0 aliphatic rings. The van der Waals surface area contributed by atoms with Crippen molar-refractivity contribution in [3.05, 3.63) is 29.8 Å². The zero-order chi connectivity index (χ0) is 13.4. The van der Waals surface area contributed by atoms with Gasteiger partial charge in [-0.25, -0.2) is 5.43 Å². The Hall–Kier alpha value is -1.84. The van der Waals surface area contributed by atoms with Gasteiger partial charge in [0.05, 0.1) is 7.11 Å². The number of hydrogen-bond acceptors (Lipinski definition) is 3. The summed E-state index contributed by atoms with van der Waals surface area (Å²) in [6.45, 7) is 4.21. The van der Waals surface area contributed by atoms with Gasteiger partial charge in [-0.3, -0.25) is 4.79 Å². The SMILES string of the molecule is CCC(/C=N\NC(=O)c1ccc(OC)cc1)CC. The van der Waals surface area contributed by atoms with E-state index in [1.165, 1.54) is 0 Å². The number of amides is 1. The lowest BCUT2D eigenvalue weighted by Gasteiger charge is -2.05. The van der Waals surface area contributed by atoms with Crippen LogP contribution in [0, 0.1) is 5.92 Å². The Morgan fingerprint density at radius 1 is 1.33 bits per heavy atom. The topological polar surface area (TPSA) is 50.7 Å². The average Bonchev–Trinajstić information content (AvgIpc) is 2.43. The molecule has 4 nitrogen and oxygen atoms in total. The molecule has 1 N–H and O–H groups in total. The Morgan fingerprint density at radius 3 is 2.44 bits per heavy atom. The largest absolute Gasteiger partial charge is 0.497 e. The summed E-state index contributed by atoms with van der Waals surface area (Å²) in [5.41, 5.74) is 3.09. The van der Waals surface area contributed by atoms with Crippen LogP contribution in [0.25, 0.3) is 0 Å². The molecule has 1 aromatic rings. The van der Waals surface area contributed by atoms with E-state index in [0.29, 0.717) is 11.5 Å². The molecule has 0 saturated heterocycles. The molecular weight excluding hydrogens is 228 g/mol. The second-order valence-electron chi connectivity index (χ2n) is 4.02. The summed E-state index contributed by atoms with van der Waals surface area (Å²) >= 11 is 0. The standard InChI is InChI=1S/C14H20N2O2/c1-4-11(5-2)10-15-16-14(17)12-6-8-13(18-3)9-7-12/h6-11H,4-5H2,1-3H3,(H,16,17)/b15-10-. The highest BCUT2D eigenvalue weighted by Crippen LogP contribution is 2.11. The second kappa shape index (κ2) is 7.48. The molecule has 0 atom stereocenters. The van der Waals surface area contributed by atoms with Crippen LogP contribution in [0.4, 0.5) is 0 Å². The molecule has 1 aromatic carbocycles. The molecule has 0 bridgehead atoms. The van der Waals surface area contributed by atoms with E-state index in [0.717, 1.165) is 18.6 Å². The molecule has 0 spiro atoms. The van der Waals surface area contributed by atoms with Gasteiger partial charge in [0, 0.05) is 11.8 Å². The minimum atomic E-state index is -0.208. The van der Waals surface area contributed by atoms with Crippen molar-refractivity contribution >= 4 is 12.1 Å². The Bertz CT molecular complexity index is 395. The van der Waals surface area contributed by atoms with E-state index in [-0.39, 0.29) is 5.91 Å². The van der Waals surface area contributed by atoms with Crippen LogP contribution in [0.2, 0.25) is 0 Å². The van der Waals surface area contributed by atoms with Crippen LogP contribution in [-0.4, -0.2) is 19.2 Å². The van der Waals surface area contributed by atoms with Crippen molar-refractivity contribution in [1.29, 1.82) is 0 Å². The third-order valence-corrected chi connectivity index (χ3v) is 2.85. The predicted molar refractivity (Wildman–Crippen MR) is 73.0 cm³/mol. The predicted octanol–water partition coefficient (Wildman–Crippen LogP) is 2.85. The first-order valence-electron chi connectivity index (χ1n) is 6.18. The monoisotopic (exact) mass is 248 g/mol. The van der Waals surface area contributed by atoms with Crippen LogP contribution in [0.15, 0.2) is 29.4 Å². The molecule has 0 radical (unpaired) electrons. The molecule has 0 unspecified atom stereocenters. The maximum absolute atomic E-state index is 11.7. The van der Waals surface area contributed by atoms with Crippen LogP contribution >= 0.6 is 0 Å². The lowest BCUT2D eigenvalue weighted by Crippen LogP contribution is -2.18. The number of ether oxygens (including phenoxy) is 1. The van der Waals surface area contributed by atoms with Crippen LogP contribution in [-0.2, 0) is 0 Å². The number of methoxy groups -OCH3 is 1. The number of hydrogen-bond donors (Lipinski definition) is 1. The Balaban J connectivity index is 2.54. The quantitative estimate of drug-likeness (QED) is 0.621. The smallest absolute Gasteiger partial charge is 0.271 e. The third kappa shape index (κ3) is 4.20. The van der Waals surface area contributed by atoms with Crippen LogP contribution in [0.5, 0.6) is 5.75 Å². The molecule has 1 rings (SSSR count). The van der Waals surface area contributed by atoms with Gasteiger partial charge in [0.15, 0.2) is 0 Å². The van der Waals surface area contributed by atoms with Crippen molar-refractivity contribution < 1.29 is 9.53 Å². The van der Waals surface area contributed by atoms with Crippen molar-refractivity contribution in [3.8, 4) is 5.75 Å². The van der Waals surface area contributed by atoms with Crippen molar-refractivity contribution in [1.82, 2.24) is 5.43 Å². The zero-order valence-corrected chi connectivity index (χ0v) is 11.1. The number of hydrazone groups is 1. The van der Waals surface area contributed by atoms with Gasteiger partial charge in [-0.1, -0.05) is 13.8 Å². The van der Waals surface area contributed by atoms with Crippen molar-refractivity contribution in [3.63, 3.8) is 0 Å². The highest BCUT2D eigenvalue weighted by Gasteiger charge is 2.04. The van der Waals surface area contributed by atoms with Gasteiger partial charge in [-0.2, -0.15) is 5.10 Å². The fraction of sp³-hybridized carbons (Fsp3) is 0.429. The Kier molecular flexibility index (Phi) is 5.91. The second-order valence-corrected chi connectivity index (χ2v) is 4.02. The van der Waals surface area contributed by atoms with Gasteiger partial charge < -0.3 is 4.74 Å². The lowest BCUT2D eigenvalue weighted by molar-refractivity contribution is 0.0955. The van der Waals surface area contributed by atoms with Crippen molar-refractivity contribution in [2.24, 2.45) is 11.0 Å². The highest BCUT2D eigenvalue weighted by atomic mass is 16.5. The summed E-state index contributed by atoms with van der Waals surface area (Å²) < 4.78 is 5.03. The maximum Gasteiger partial charge on any atom is 0.271 e. The Labute approximate surface area is 108 Å². The van der Waals surface area contributed by atoms with Crippen LogP contribution in [0.3, 0.4) is 0 Å². The summed E-state index contributed by atoms with van der Waals surface area (Å²) in [5.74, 6) is 0.938. The summed E-state index contributed by atoms with van der Waals surface area (Å²) in [5, 5.41) is 3.98. The zero-order valence-electron chi connectivity index (χ0n) is 11.1. The summed E-state index contributed by atoms with van der Waals surface area (Å²) in [4.78, 5) is 11.7. The summed E-state index contributed by atoms with van der Waals surface area (Å²) in [6, 6.07) is 6.92. The van der Waals surface area contributed by atoms with E-state index in [1.807, 2.05) is 0 Å². The van der Waals surface area contributed by atoms with Crippen molar-refractivity contribution in [2.45, 2.75) is 26.7 Å². The van der Waals surface area contributed by atoms with E-state index >= 15 is 0 Å². The number of nitrogens with zero attached hydrogens (tertiary/aromatic N) is 1. The molecule has 0 aliphatic heterocycles. The molecule has 0 aromatic heterocycles. The van der Waals surface area contributed by atoms with Crippen LogP contribution in [0.1, 0.15) is 37.0 Å². The molecule has 0 heterocycles. The number of carbonyl (C=O) groups is 1. The molecule has 1 amide bonds. The van der Waals surface area contributed by atoms with E-state index in [2.05, 4.69) is 24.4 Å². The molecular formula is C14H20N2O2. The molecule has 4 heteroatoms. The first-order valence-corrected chi connectivity index (χ1v) is 6.18. The minimum Gasteiger partial charge on any atom is -0.497 e. The Morgan fingerprint density at radius 2 is 1.94 bits per heavy atom. The fourth-order valence-corrected chi connectivity index (χ4v) is 1.51. The first-order chi connectivity index (χ1) is 8.71. The number of carbonyl (C=O) groups excluding carboxylic acids is 1. The number of rotatable bonds is 6. The minimum absolute atomic E-state index is 0.208. The highest BCUT2D eigenvalue weighted by molar-refractivity contribution is 5.94. The lowest BCUT2D eigenvalue weighted by atomic mass is 10.1. The van der Waals surface area contributed by atoms with E-state index < -0.39 is 0 Å². The van der Waals surface area contributed by atoms with Gasteiger partial charge >= 0.3 is 0 Å². The van der Waals surface area contributed by atoms with E-state index in [9.17, 15) is 4.79 Å². The number of benzene rings is 1. The molecule has 0 fully saturated rings. The van der Waals surface area contributed by atoms with Crippen LogP contribution < -0.4 is 10.2 Å². The van der Waals surface area contributed by atoms with Gasteiger partial charge in [0.1, 0.15) is 5.75 Å². The molecule has 18 heavy (non-hydrogen) atoms. The third-order valence-electron chi connectivity index (χ3n) is 2.85. The molecule has 0 aliphatic carbocycles. The fourth-order valence-electron chi connectivity index (χ4n) is 1.51. The average molecular weight is 248 g/mol. The summed E-state index contributed by atoms with van der Waals surface area (Å²) in [7, 11) is 1.59. The normalized spacial score (nSPS) is 10.9. The maximum atomic E-state index is 11.7. The first kappa shape index (κ1) is 14.2. The van der Waals surface area contributed by atoms with E-state index in [4.69, 9.17) is 4.74 Å². The molecule has 0 saturated carbocycles.